The van der Waals surface area contributed by atoms with Crippen LogP contribution in [0.3, 0.4) is 0 Å². The minimum atomic E-state index is -5.39. The van der Waals surface area contributed by atoms with Crippen LogP contribution in [0.1, 0.15) is 0 Å². The summed E-state index contributed by atoms with van der Waals surface area (Å²) >= 11 is 0. The van der Waals surface area contributed by atoms with Crippen molar-refractivity contribution in [3.05, 3.63) is 0 Å². The van der Waals surface area contributed by atoms with Crippen LogP contribution >= 0.6 is 7.82 Å². The van der Waals surface area contributed by atoms with E-state index in [0.29, 0.717) is 0 Å². The van der Waals surface area contributed by atoms with E-state index in [1.807, 2.05) is 0 Å². The van der Waals surface area contributed by atoms with Crippen molar-refractivity contribution in [2.75, 3.05) is 0 Å². The van der Waals surface area contributed by atoms with Crippen molar-refractivity contribution < 1.29 is 475 Å². The molecule has 376 valence electrons. The van der Waals surface area contributed by atoms with Crippen LogP contribution in [0.15, 0.2) is 0 Å². The summed E-state index contributed by atoms with van der Waals surface area (Å²) in [4.78, 5) is 25.6. The number of rotatable bonds is 0. The predicted octanol–water partition coefficient (Wildman–Crippen LogP) is -9.04. The Bertz CT molecular complexity index is 111. The molecule has 0 aliphatic heterocycles. The first kappa shape index (κ1) is 2170. The molecule has 0 amide bonds. The van der Waals surface area contributed by atoms with Crippen molar-refractivity contribution in [2.24, 2.45) is 0 Å². The van der Waals surface area contributed by atoms with Gasteiger partial charge in [0.25, 0.3) is 0 Å². The van der Waals surface area contributed by atoms with Crippen molar-refractivity contribution in [3.63, 3.8) is 0 Å². The Morgan fingerprint density at radius 3 is 0.193 bits per heavy atom. The van der Waals surface area contributed by atoms with Crippen LogP contribution < -0.4 is 33.1 Å². The van der Waals surface area contributed by atoms with Crippen molar-refractivity contribution in [2.45, 2.75) is 0 Å². The number of hydrogen-bond donors (Lipinski definition) is 3. The minimum Gasteiger partial charge on any atom is -2.00 e. The van der Waals surface area contributed by atoms with Crippen LogP contribution in [0.25, 0.3) is 0 Å². The summed E-state index contributed by atoms with van der Waals surface area (Å²) in [6, 6.07) is 0. The van der Waals surface area contributed by atoms with Gasteiger partial charge in [-0.05, 0) is 0 Å². The van der Waals surface area contributed by atoms with Gasteiger partial charge in [0, 0.05) is 0 Å². The third-order valence-corrected chi connectivity index (χ3v) is 0. The van der Waals surface area contributed by atoms with Gasteiger partial charge in [-0.15, -0.1) is 0 Å². The molecule has 57 heavy (non-hydrogen) atoms. The summed E-state index contributed by atoms with van der Waals surface area (Å²) in [7, 11) is -5.39. The molecule has 0 aliphatic rings. The van der Waals surface area contributed by atoms with E-state index in [9.17, 15) is 0 Å². The normalized spacial score (nSPS) is 1.04. The molecule has 0 spiro atoms. The molecule has 0 saturated carbocycles. The average Bonchev–Trinajstić information content (AvgIpc) is 0.722. The zero-order chi connectivity index (χ0) is 4.50. The first-order valence-electron chi connectivity index (χ1n) is 0.730. The van der Waals surface area contributed by atoms with Crippen molar-refractivity contribution >= 4 is 7.82 Å². The maximum atomic E-state index is 8.55. The van der Waals surface area contributed by atoms with Gasteiger partial charge in [-0.3, -0.25) is 0 Å². The van der Waals surface area contributed by atoms with Crippen LogP contribution in [-0.2, 0) is 307 Å². The molecular formula is H38Mo12N3O41P. The van der Waals surface area contributed by atoms with Crippen LogP contribution in [0.2, 0.25) is 0 Å². The van der Waals surface area contributed by atoms with Crippen LogP contribution in [0.4, 0.5) is 0 Å². The van der Waals surface area contributed by atoms with E-state index in [1.54, 1.807) is 0 Å². The largest absolute Gasteiger partial charge is 4.00 e. The Labute approximate surface area is 494 Å². The van der Waals surface area contributed by atoms with Crippen molar-refractivity contribution in [3.8, 4) is 0 Å². The molecule has 0 aliphatic carbocycles. The van der Waals surface area contributed by atoms with Gasteiger partial charge in [-0.1, -0.05) is 0 Å². The molecule has 0 unspecified atom stereocenters. The van der Waals surface area contributed by atoms with E-state index in [4.69, 9.17) is 19.2 Å². The van der Waals surface area contributed by atoms with Gasteiger partial charge in [0.2, 0.25) is 0 Å². The molecule has 57 heteroatoms. The molecule has 0 aromatic rings. The van der Waals surface area contributed by atoms with Crippen molar-refractivity contribution in [1.29, 1.82) is 0 Å². The summed E-state index contributed by atoms with van der Waals surface area (Å²) in [6.45, 7) is 0. The summed E-state index contributed by atoms with van der Waals surface area (Å²) in [5.74, 6) is 0. The van der Waals surface area contributed by atoms with E-state index in [-0.39, 0.29) is 474 Å². The summed E-state index contributed by atoms with van der Waals surface area (Å²) in [5, 5.41) is 0. The second-order valence-corrected chi connectivity index (χ2v) is 1.34. The summed E-state index contributed by atoms with van der Waals surface area (Å²) < 4.78 is 8.55. The zero-order valence-electron chi connectivity index (χ0n) is 25.3. The molecule has 0 heterocycles. The van der Waals surface area contributed by atoms with E-state index < -0.39 is 7.82 Å². The number of phosphoric acid groups is 1. The molecule has 0 atom stereocenters. The topological polar surface area (TPSA) is 1290 Å². The van der Waals surface area contributed by atoms with Gasteiger partial charge in [-0.25, -0.2) is 0 Å². The van der Waals surface area contributed by atoms with E-state index >= 15 is 0 Å². The van der Waals surface area contributed by atoms with Gasteiger partial charge >= 0.3 is 253 Å². The molecule has 44 nitrogen and oxygen atoms in total. The fourth-order valence-electron chi connectivity index (χ4n) is 0. The second-order valence-electron chi connectivity index (χ2n) is 0.447. The molecule has 38 N–H and O–H groups in total. The second kappa shape index (κ2) is 1470. The maximum absolute atomic E-state index is 8.55. The zero-order valence-corrected chi connectivity index (χ0v) is 50.3. The average molecular weight is 1920 g/mol. The molecule has 0 rings (SSSR count). The summed E-state index contributed by atoms with van der Waals surface area (Å²) in [6.07, 6.45) is 0. The van der Waals surface area contributed by atoms with Gasteiger partial charge in [0.1, 0.15) is 0 Å². The molecule has 0 bridgehead atoms. The fourth-order valence-corrected chi connectivity index (χ4v) is 0. The summed E-state index contributed by atoms with van der Waals surface area (Å²) in [5.41, 5.74) is 0. The van der Waals surface area contributed by atoms with Crippen LogP contribution in [0.5, 0.6) is 0 Å². The first-order chi connectivity index (χ1) is 2.00. The fraction of sp³-hybridized carbons (Fsp3) is 0. The molecule has 0 aromatic heterocycles. The Hall–Kier alpha value is 6.77. The Balaban J connectivity index is -0.0000000000603. The van der Waals surface area contributed by atoms with Crippen LogP contribution in [-0.4, -0.2) is 153 Å². The standard InChI is InChI=1S/12Mo.3H3N.H3O4P.28H2O.9O/c;;;;;;;;;;;;;;;1-5(2,3)4;;;;;;;;;;;;;;;;;;;;;;;;;;;;;;;;;;;;;/h;;;;;;;;;;;;3*1H3;(H3,1,2,3,4);28*1H2;;;;;;;;;/q12*+4;;;;;;;;;;;;;;;;;;;;;;;;;;;;;;;;;9*-2/p-30. The third kappa shape index (κ3) is 5060. The van der Waals surface area contributed by atoms with E-state index in [1.165, 1.54) is 0 Å². The molecule has 0 radical (unpaired) electrons. The Morgan fingerprint density at radius 2 is 0.193 bits per heavy atom. The van der Waals surface area contributed by atoms with Gasteiger partial charge in [0.15, 0.2) is 0 Å². The SMILES string of the molecule is N.N.N.O.O=P([O-])([O-])[O-].[Mo+4].[Mo+4].[Mo+4].[Mo+4].[Mo+4].[Mo+4].[Mo+4].[Mo+4].[Mo+4].[Mo+4].[Mo+4].[Mo+4].[O-2].[O-2].[O-2].[O-2].[O-2].[O-2].[O-2].[O-2].[O-2].[OH-].[OH-].[OH-].[OH-].[OH-].[OH-].[OH-].[OH-].[OH-].[OH-].[OH-].[OH-].[OH-].[OH-].[OH-].[OH-].[OH-].[OH-].[OH-].[OH-].[OH-].[OH-].[OH-].[OH-].[OH-].[OH-].[OH-]. The molecule has 0 saturated heterocycles. The van der Waals surface area contributed by atoms with Crippen molar-refractivity contribution in [1.82, 2.24) is 18.5 Å². The van der Waals surface area contributed by atoms with E-state index in [0.717, 1.165) is 0 Å². The molecule has 0 aromatic carbocycles. The quantitative estimate of drug-likeness (QED) is 0.150. The minimum absolute atomic E-state index is 0. The molecular weight excluding hydrogens is 1880 g/mol. The Kier molecular flexibility index (Phi) is 55800. The molecule has 0 fully saturated rings. The third-order valence-electron chi connectivity index (χ3n) is 0. The van der Waals surface area contributed by atoms with Gasteiger partial charge in [0.05, 0.1) is 0 Å². The Morgan fingerprint density at radius 1 is 0.193 bits per heavy atom. The van der Waals surface area contributed by atoms with Crippen LogP contribution in [0, 0.1) is 0 Å². The maximum Gasteiger partial charge on any atom is 4.00 e. The van der Waals surface area contributed by atoms with E-state index in [2.05, 4.69) is 0 Å². The first-order valence-corrected chi connectivity index (χ1v) is 2.19. The predicted molar refractivity (Wildman–Crippen MR) is 84.7 cm³/mol. The van der Waals surface area contributed by atoms with Gasteiger partial charge < -0.3 is 240 Å². The van der Waals surface area contributed by atoms with Gasteiger partial charge in [-0.2, -0.15) is 7.82 Å². The monoisotopic (exact) mass is 1940 g/mol. The number of hydrogen-bond acceptors (Lipinski definition) is 34. The smallest absolute Gasteiger partial charge is 2.00 e.